The van der Waals surface area contributed by atoms with Crippen LogP contribution in [0, 0.1) is 6.92 Å². The SMILES string of the molecule is Cc1oc(CN(C)C2CCCCCC2)cc1C(=O)NN. The van der Waals surface area contributed by atoms with E-state index in [-0.39, 0.29) is 5.91 Å². The van der Waals surface area contributed by atoms with Crippen LogP contribution in [0.1, 0.15) is 60.4 Å². The fraction of sp³-hybridized carbons (Fsp3) is 0.667. The zero-order valence-electron chi connectivity index (χ0n) is 12.4. The highest BCUT2D eigenvalue weighted by Gasteiger charge is 2.20. The molecule has 5 heteroatoms. The first-order chi connectivity index (χ1) is 9.61. The molecule has 0 spiro atoms. The van der Waals surface area contributed by atoms with Crippen LogP contribution in [-0.2, 0) is 6.54 Å². The fourth-order valence-electron chi connectivity index (χ4n) is 3.00. The Bertz CT molecular complexity index is 448. The van der Waals surface area contributed by atoms with Gasteiger partial charge in [0.1, 0.15) is 11.5 Å². The number of carbonyl (C=O) groups excluding carboxylic acids is 1. The Hall–Kier alpha value is -1.33. The quantitative estimate of drug-likeness (QED) is 0.384. The van der Waals surface area contributed by atoms with Crippen molar-refractivity contribution < 1.29 is 9.21 Å². The lowest BCUT2D eigenvalue weighted by atomic mass is 10.1. The number of nitrogens with one attached hydrogen (secondary N) is 1. The van der Waals surface area contributed by atoms with Gasteiger partial charge in [-0.1, -0.05) is 25.7 Å². The van der Waals surface area contributed by atoms with Crippen LogP contribution in [0.3, 0.4) is 0 Å². The summed E-state index contributed by atoms with van der Waals surface area (Å²) in [7, 11) is 2.14. The van der Waals surface area contributed by atoms with E-state index >= 15 is 0 Å². The second-order valence-corrected chi connectivity index (χ2v) is 5.72. The maximum atomic E-state index is 11.6. The molecule has 1 heterocycles. The molecule has 2 rings (SSSR count). The predicted octanol–water partition coefficient (Wildman–Crippen LogP) is 2.35. The van der Waals surface area contributed by atoms with Gasteiger partial charge in [-0.05, 0) is 32.9 Å². The molecule has 20 heavy (non-hydrogen) atoms. The van der Waals surface area contributed by atoms with E-state index in [1.807, 2.05) is 0 Å². The summed E-state index contributed by atoms with van der Waals surface area (Å²) < 4.78 is 5.67. The van der Waals surface area contributed by atoms with Crippen molar-refractivity contribution in [3.05, 3.63) is 23.2 Å². The van der Waals surface area contributed by atoms with Crippen LogP contribution in [0.4, 0.5) is 0 Å². The molecule has 0 unspecified atom stereocenters. The van der Waals surface area contributed by atoms with E-state index in [0.717, 1.165) is 12.3 Å². The number of furan rings is 1. The molecule has 5 nitrogen and oxygen atoms in total. The second kappa shape index (κ2) is 6.90. The van der Waals surface area contributed by atoms with Gasteiger partial charge in [0.2, 0.25) is 0 Å². The smallest absolute Gasteiger partial charge is 0.268 e. The maximum absolute atomic E-state index is 11.6. The Morgan fingerprint density at radius 3 is 2.65 bits per heavy atom. The number of rotatable bonds is 4. The summed E-state index contributed by atoms with van der Waals surface area (Å²) >= 11 is 0. The summed E-state index contributed by atoms with van der Waals surface area (Å²) in [5.74, 6) is 6.32. The van der Waals surface area contributed by atoms with Crippen LogP contribution in [0.25, 0.3) is 0 Å². The Kier molecular flexibility index (Phi) is 5.20. The summed E-state index contributed by atoms with van der Waals surface area (Å²) in [5.41, 5.74) is 2.67. The van der Waals surface area contributed by atoms with Gasteiger partial charge in [-0.15, -0.1) is 0 Å². The van der Waals surface area contributed by atoms with E-state index in [1.165, 1.54) is 38.5 Å². The highest BCUT2D eigenvalue weighted by molar-refractivity contribution is 5.94. The summed E-state index contributed by atoms with van der Waals surface area (Å²) in [4.78, 5) is 13.9. The van der Waals surface area contributed by atoms with E-state index in [2.05, 4.69) is 17.4 Å². The molecular formula is C15H25N3O2. The molecule has 1 aromatic rings. The van der Waals surface area contributed by atoms with Gasteiger partial charge in [0, 0.05) is 6.04 Å². The summed E-state index contributed by atoms with van der Waals surface area (Å²) in [6, 6.07) is 2.42. The van der Waals surface area contributed by atoms with Crippen LogP contribution in [-0.4, -0.2) is 23.9 Å². The zero-order chi connectivity index (χ0) is 14.5. The maximum Gasteiger partial charge on any atom is 0.268 e. The molecule has 0 aromatic carbocycles. The van der Waals surface area contributed by atoms with Gasteiger partial charge in [0.05, 0.1) is 12.1 Å². The number of nitrogens with zero attached hydrogens (tertiary/aromatic N) is 1. The molecule has 1 aliphatic carbocycles. The first-order valence-corrected chi connectivity index (χ1v) is 7.42. The number of hydrogen-bond donors (Lipinski definition) is 2. The van der Waals surface area contributed by atoms with E-state index in [4.69, 9.17) is 10.3 Å². The number of carbonyl (C=O) groups is 1. The van der Waals surface area contributed by atoms with Crippen LogP contribution in [0.15, 0.2) is 10.5 Å². The number of hydrazine groups is 1. The van der Waals surface area contributed by atoms with Crippen LogP contribution in [0.5, 0.6) is 0 Å². The summed E-state index contributed by atoms with van der Waals surface area (Å²) in [5, 5.41) is 0. The van der Waals surface area contributed by atoms with Gasteiger partial charge in [-0.25, -0.2) is 5.84 Å². The molecule has 0 bridgehead atoms. The normalized spacial score (nSPS) is 17.2. The van der Waals surface area contributed by atoms with Gasteiger partial charge >= 0.3 is 0 Å². The van der Waals surface area contributed by atoms with Crippen LogP contribution < -0.4 is 11.3 Å². The van der Waals surface area contributed by atoms with Gasteiger partial charge in [-0.3, -0.25) is 15.1 Å². The third kappa shape index (κ3) is 3.61. The predicted molar refractivity (Wildman–Crippen MR) is 78.1 cm³/mol. The lowest BCUT2D eigenvalue weighted by Crippen LogP contribution is -2.31. The molecular weight excluding hydrogens is 254 g/mol. The van der Waals surface area contributed by atoms with Crippen molar-refractivity contribution in [2.75, 3.05) is 7.05 Å². The minimum Gasteiger partial charge on any atom is -0.464 e. The zero-order valence-corrected chi connectivity index (χ0v) is 12.4. The van der Waals surface area contributed by atoms with E-state index in [9.17, 15) is 4.79 Å². The Morgan fingerprint density at radius 2 is 2.05 bits per heavy atom. The fourth-order valence-corrected chi connectivity index (χ4v) is 3.00. The Morgan fingerprint density at radius 1 is 1.40 bits per heavy atom. The highest BCUT2D eigenvalue weighted by Crippen LogP contribution is 2.23. The van der Waals surface area contributed by atoms with Gasteiger partial charge in [0.25, 0.3) is 5.91 Å². The standard InChI is InChI=1S/C15H25N3O2/c1-11-14(15(19)17-16)9-13(20-11)10-18(2)12-7-5-3-4-6-8-12/h9,12H,3-8,10,16H2,1-2H3,(H,17,19). The van der Waals surface area contributed by atoms with E-state index < -0.39 is 0 Å². The molecule has 1 aliphatic rings. The average Bonchev–Trinajstić information content (AvgIpc) is 2.67. The highest BCUT2D eigenvalue weighted by atomic mass is 16.3. The number of nitrogen functional groups attached to an aromatic ring is 1. The molecule has 3 N–H and O–H groups in total. The van der Waals surface area contributed by atoms with Crippen LogP contribution >= 0.6 is 0 Å². The summed E-state index contributed by atoms with van der Waals surface area (Å²) in [6.45, 7) is 2.53. The molecule has 1 amide bonds. The van der Waals surface area contributed by atoms with Crippen molar-refractivity contribution in [1.82, 2.24) is 10.3 Å². The Balaban J connectivity index is 2.00. The lowest BCUT2D eigenvalue weighted by Gasteiger charge is -2.26. The van der Waals surface area contributed by atoms with Crippen molar-refractivity contribution in [2.24, 2.45) is 5.84 Å². The molecule has 1 fully saturated rings. The van der Waals surface area contributed by atoms with Crippen molar-refractivity contribution in [3.63, 3.8) is 0 Å². The topological polar surface area (TPSA) is 71.5 Å². The summed E-state index contributed by atoms with van der Waals surface area (Å²) in [6.07, 6.45) is 7.84. The largest absolute Gasteiger partial charge is 0.464 e. The lowest BCUT2D eigenvalue weighted by molar-refractivity contribution is 0.0952. The average molecular weight is 279 g/mol. The first-order valence-electron chi connectivity index (χ1n) is 7.42. The molecule has 0 atom stereocenters. The molecule has 0 aliphatic heterocycles. The number of nitrogens with two attached hydrogens (primary N) is 1. The van der Waals surface area contributed by atoms with Crippen molar-refractivity contribution in [2.45, 2.75) is 58.0 Å². The van der Waals surface area contributed by atoms with Crippen molar-refractivity contribution in [3.8, 4) is 0 Å². The molecule has 1 saturated carbocycles. The van der Waals surface area contributed by atoms with Gasteiger partial charge in [0.15, 0.2) is 0 Å². The Labute approximate surface area is 120 Å². The van der Waals surface area contributed by atoms with Crippen LogP contribution in [0.2, 0.25) is 0 Å². The van der Waals surface area contributed by atoms with Gasteiger partial charge in [-0.2, -0.15) is 0 Å². The van der Waals surface area contributed by atoms with Crippen molar-refractivity contribution >= 4 is 5.91 Å². The van der Waals surface area contributed by atoms with E-state index in [1.54, 1.807) is 13.0 Å². The minimum atomic E-state index is -0.297. The molecule has 112 valence electrons. The number of amides is 1. The second-order valence-electron chi connectivity index (χ2n) is 5.72. The molecule has 0 radical (unpaired) electrons. The number of hydrogen-bond acceptors (Lipinski definition) is 4. The van der Waals surface area contributed by atoms with Crippen molar-refractivity contribution in [1.29, 1.82) is 0 Å². The monoisotopic (exact) mass is 279 g/mol. The third-order valence-electron chi connectivity index (χ3n) is 4.20. The van der Waals surface area contributed by atoms with Gasteiger partial charge < -0.3 is 4.42 Å². The molecule has 0 saturated heterocycles. The third-order valence-corrected chi connectivity index (χ3v) is 4.20. The first kappa shape index (κ1) is 15.1. The minimum absolute atomic E-state index is 0.297. The van der Waals surface area contributed by atoms with E-state index in [0.29, 0.717) is 17.4 Å². The molecule has 1 aromatic heterocycles. The number of aryl methyl sites for hydroxylation is 1.